The van der Waals surface area contributed by atoms with Crippen molar-refractivity contribution in [1.82, 2.24) is 10.2 Å². The molecule has 0 aromatic rings. The van der Waals surface area contributed by atoms with Crippen molar-refractivity contribution in [3.8, 4) is 0 Å². The molecule has 114 valence electrons. The lowest BCUT2D eigenvalue weighted by molar-refractivity contribution is -0.151. The van der Waals surface area contributed by atoms with Crippen molar-refractivity contribution < 1.29 is 29.0 Å². The molecule has 0 aromatic carbocycles. The molecule has 1 aliphatic heterocycles. The number of carboxylic acid groups (broad SMARTS) is 1. The first-order chi connectivity index (χ1) is 9.38. The monoisotopic (exact) mass is 288 g/mol. The zero-order valence-corrected chi connectivity index (χ0v) is 11.8. The van der Waals surface area contributed by atoms with Crippen molar-refractivity contribution >= 4 is 18.0 Å². The van der Waals surface area contributed by atoms with Crippen molar-refractivity contribution in [2.24, 2.45) is 5.92 Å². The molecule has 0 saturated carbocycles. The summed E-state index contributed by atoms with van der Waals surface area (Å²) in [4.78, 5) is 36.1. The summed E-state index contributed by atoms with van der Waals surface area (Å²) in [5.74, 6) is -1.97. The Kier molecular flexibility index (Phi) is 5.75. The first-order valence-corrected chi connectivity index (χ1v) is 6.34. The number of aliphatic carboxylic acids is 1. The van der Waals surface area contributed by atoms with Gasteiger partial charge in [0.1, 0.15) is 6.04 Å². The predicted octanol–water partition coefficient (Wildman–Crippen LogP) is -0.321. The molecule has 20 heavy (non-hydrogen) atoms. The molecule has 0 radical (unpaired) electrons. The molecular weight excluding hydrogens is 268 g/mol. The van der Waals surface area contributed by atoms with Crippen LogP contribution in [0.1, 0.15) is 13.8 Å². The number of carbonyl (C=O) groups excluding carboxylic acids is 2. The average molecular weight is 288 g/mol. The lowest BCUT2D eigenvalue weighted by Gasteiger charge is -2.34. The van der Waals surface area contributed by atoms with E-state index in [9.17, 15) is 14.4 Å². The highest BCUT2D eigenvalue weighted by Crippen LogP contribution is 2.10. The van der Waals surface area contributed by atoms with E-state index >= 15 is 0 Å². The fourth-order valence-corrected chi connectivity index (χ4v) is 1.91. The number of rotatable bonds is 4. The van der Waals surface area contributed by atoms with Crippen LogP contribution in [0.3, 0.4) is 0 Å². The largest absolute Gasteiger partial charge is 0.480 e. The first-order valence-electron chi connectivity index (χ1n) is 6.34. The van der Waals surface area contributed by atoms with Gasteiger partial charge in [0.15, 0.2) is 6.04 Å². The van der Waals surface area contributed by atoms with Crippen LogP contribution in [0.5, 0.6) is 0 Å². The lowest BCUT2D eigenvalue weighted by atomic mass is 10.1. The first kappa shape index (κ1) is 16.2. The van der Waals surface area contributed by atoms with E-state index in [1.54, 1.807) is 13.8 Å². The fraction of sp³-hybridized carbons (Fsp3) is 0.750. The Bertz CT molecular complexity index is 384. The molecular formula is C12H20N2O6. The Morgan fingerprint density at radius 2 is 2.05 bits per heavy atom. The van der Waals surface area contributed by atoms with E-state index in [0.717, 1.165) is 0 Å². The highest BCUT2D eigenvalue weighted by molar-refractivity contribution is 5.87. The highest BCUT2D eigenvalue weighted by atomic mass is 16.5. The Balaban J connectivity index is 2.77. The number of ether oxygens (including phenoxy) is 2. The van der Waals surface area contributed by atoms with Gasteiger partial charge in [-0.2, -0.15) is 0 Å². The van der Waals surface area contributed by atoms with Gasteiger partial charge < -0.3 is 24.8 Å². The number of nitrogens with zero attached hydrogens (tertiary/aromatic N) is 1. The number of urea groups is 1. The summed E-state index contributed by atoms with van der Waals surface area (Å²) >= 11 is 0. The maximum absolute atomic E-state index is 12.1. The second-order valence-electron chi connectivity index (χ2n) is 4.82. The summed E-state index contributed by atoms with van der Waals surface area (Å²) in [6, 6.07) is -2.47. The minimum Gasteiger partial charge on any atom is -0.480 e. The number of methoxy groups -OCH3 is 1. The molecule has 0 spiro atoms. The van der Waals surface area contributed by atoms with Gasteiger partial charge in [0.05, 0.1) is 20.3 Å². The Morgan fingerprint density at radius 1 is 1.40 bits per heavy atom. The summed E-state index contributed by atoms with van der Waals surface area (Å²) in [6.07, 6.45) is 0. The minimum atomic E-state index is -1.11. The van der Waals surface area contributed by atoms with Gasteiger partial charge in [-0.25, -0.2) is 14.4 Å². The van der Waals surface area contributed by atoms with E-state index in [-0.39, 0.29) is 19.1 Å². The van der Waals surface area contributed by atoms with Crippen LogP contribution in [0.2, 0.25) is 0 Å². The van der Waals surface area contributed by atoms with Crippen molar-refractivity contribution in [3.63, 3.8) is 0 Å². The molecule has 1 saturated heterocycles. The number of carboxylic acids is 1. The van der Waals surface area contributed by atoms with E-state index in [1.807, 2.05) is 0 Å². The molecule has 0 aliphatic carbocycles. The van der Waals surface area contributed by atoms with Crippen LogP contribution >= 0.6 is 0 Å². The van der Waals surface area contributed by atoms with Crippen LogP contribution in [0.4, 0.5) is 4.79 Å². The predicted molar refractivity (Wildman–Crippen MR) is 68.1 cm³/mol. The van der Waals surface area contributed by atoms with Gasteiger partial charge in [0.25, 0.3) is 0 Å². The number of amides is 2. The molecule has 1 heterocycles. The summed E-state index contributed by atoms with van der Waals surface area (Å²) in [5.41, 5.74) is 0. The summed E-state index contributed by atoms with van der Waals surface area (Å²) in [6.45, 7) is 3.92. The van der Waals surface area contributed by atoms with Crippen LogP contribution in [-0.2, 0) is 19.1 Å². The van der Waals surface area contributed by atoms with Crippen LogP contribution < -0.4 is 5.32 Å². The molecule has 2 atom stereocenters. The fourth-order valence-electron chi connectivity index (χ4n) is 1.91. The average Bonchev–Trinajstić information content (AvgIpc) is 2.42. The number of nitrogens with one attached hydrogen (secondary N) is 1. The van der Waals surface area contributed by atoms with Crippen molar-refractivity contribution in [3.05, 3.63) is 0 Å². The maximum atomic E-state index is 12.1. The van der Waals surface area contributed by atoms with E-state index in [2.05, 4.69) is 10.1 Å². The van der Waals surface area contributed by atoms with E-state index in [0.29, 0.717) is 6.61 Å². The van der Waals surface area contributed by atoms with Crippen molar-refractivity contribution in [2.75, 3.05) is 26.9 Å². The second kappa shape index (κ2) is 7.09. The standard InChI is InChI=1S/C12H20N2O6/c1-7(2)9(10(15)16)13-12(18)14-4-5-20-6-8(14)11(17)19-3/h7-9H,4-6H2,1-3H3,(H,13,18)(H,15,16)/t8?,9-/m1/s1. The van der Waals surface area contributed by atoms with Gasteiger partial charge in [0, 0.05) is 6.54 Å². The van der Waals surface area contributed by atoms with Gasteiger partial charge in [-0.15, -0.1) is 0 Å². The van der Waals surface area contributed by atoms with Crippen LogP contribution in [0, 0.1) is 5.92 Å². The summed E-state index contributed by atoms with van der Waals surface area (Å²) < 4.78 is 9.76. The zero-order chi connectivity index (χ0) is 15.3. The molecule has 1 fully saturated rings. The van der Waals surface area contributed by atoms with E-state index in [1.165, 1.54) is 12.0 Å². The van der Waals surface area contributed by atoms with Gasteiger partial charge in [0.2, 0.25) is 0 Å². The van der Waals surface area contributed by atoms with Crippen molar-refractivity contribution in [2.45, 2.75) is 25.9 Å². The normalized spacial score (nSPS) is 20.4. The third-order valence-corrected chi connectivity index (χ3v) is 3.07. The van der Waals surface area contributed by atoms with E-state index < -0.39 is 30.1 Å². The summed E-state index contributed by atoms with van der Waals surface area (Å²) in [7, 11) is 1.22. The molecule has 2 amide bonds. The Labute approximate surface area is 117 Å². The van der Waals surface area contributed by atoms with E-state index in [4.69, 9.17) is 9.84 Å². The van der Waals surface area contributed by atoms with Gasteiger partial charge in [-0.05, 0) is 5.92 Å². The molecule has 8 nitrogen and oxygen atoms in total. The highest BCUT2D eigenvalue weighted by Gasteiger charge is 2.35. The molecule has 1 rings (SSSR count). The van der Waals surface area contributed by atoms with Crippen LogP contribution in [0.25, 0.3) is 0 Å². The quantitative estimate of drug-likeness (QED) is 0.687. The number of hydrogen-bond donors (Lipinski definition) is 2. The lowest BCUT2D eigenvalue weighted by Crippen LogP contribution is -2.58. The zero-order valence-electron chi connectivity index (χ0n) is 11.8. The van der Waals surface area contributed by atoms with Crippen molar-refractivity contribution in [1.29, 1.82) is 0 Å². The maximum Gasteiger partial charge on any atom is 0.331 e. The molecule has 0 bridgehead atoms. The van der Waals surface area contributed by atoms with Gasteiger partial charge in [-0.3, -0.25) is 0 Å². The third kappa shape index (κ3) is 3.83. The number of morpholine rings is 1. The molecule has 8 heteroatoms. The van der Waals surface area contributed by atoms with Gasteiger partial charge >= 0.3 is 18.0 Å². The summed E-state index contributed by atoms with van der Waals surface area (Å²) in [5, 5.41) is 11.5. The second-order valence-corrected chi connectivity index (χ2v) is 4.82. The smallest absolute Gasteiger partial charge is 0.331 e. The Hall–Kier alpha value is -1.83. The molecule has 1 unspecified atom stereocenters. The topological polar surface area (TPSA) is 105 Å². The molecule has 0 aromatic heterocycles. The number of hydrogen-bond acceptors (Lipinski definition) is 5. The Morgan fingerprint density at radius 3 is 2.55 bits per heavy atom. The third-order valence-electron chi connectivity index (χ3n) is 3.07. The number of carbonyl (C=O) groups is 3. The van der Waals surface area contributed by atoms with Crippen LogP contribution in [0.15, 0.2) is 0 Å². The molecule has 1 aliphatic rings. The van der Waals surface area contributed by atoms with Crippen LogP contribution in [-0.4, -0.2) is 66.9 Å². The van der Waals surface area contributed by atoms with Gasteiger partial charge in [-0.1, -0.05) is 13.8 Å². The molecule has 2 N–H and O–H groups in total. The number of esters is 1. The SMILES string of the molecule is COC(=O)C1COCCN1C(=O)N[C@@H](C(=O)O)C(C)C. The minimum absolute atomic E-state index is 0.0412.